The van der Waals surface area contributed by atoms with E-state index >= 15 is 0 Å². The van der Waals surface area contributed by atoms with E-state index in [2.05, 4.69) is 6.58 Å². The zero-order valence-corrected chi connectivity index (χ0v) is 11.9. The van der Waals surface area contributed by atoms with Crippen molar-refractivity contribution in [2.45, 2.75) is 6.42 Å². The van der Waals surface area contributed by atoms with Crippen LogP contribution in [0.25, 0.3) is 0 Å². The molecule has 6 nitrogen and oxygen atoms in total. The molecule has 0 aliphatic rings. The van der Waals surface area contributed by atoms with Crippen molar-refractivity contribution in [3.63, 3.8) is 0 Å². The van der Waals surface area contributed by atoms with Crippen molar-refractivity contribution in [1.29, 1.82) is 0 Å². The number of methoxy groups -OCH3 is 1. The largest absolute Gasteiger partial charge is 0.493 e. The van der Waals surface area contributed by atoms with Gasteiger partial charge in [-0.1, -0.05) is 12.1 Å². The molecule has 2 rings (SSSR count). The molecular weight excluding hydrogens is 288 g/mol. The standard InChI is InChI=1S/C16H14O6/c1-3-4-10-5-6-11(14(9-10)20-2)22-16(19)13-8-7-12(21-13)15(17)18/h3,5-9H,1,4H2,2H3,(H,17,18). The second-order valence-electron chi connectivity index (χ2n) is 4.34. The van der Waals surface area contributed by atoms with Crippen LogP contribution in [0, 0.1) is 0 Å². The minimum Gasteiger partial charge on any atom is -0.493 e. The number of esters is 1. The Morgan fingerprint density at radius 2 is 1.95 bits per heavy atom. The number of hydrogen-bond acceptors (Lipinski definition) is 5. The molecule has 1 aromatic heterocycles. The molecule has 0 spiro atoms. The molecule has 1 heterocycles. The maximum absolute atomic E-state index is 11.9. The van der Waals surface area contributed by atoms with Gasteiger partial charge in [0.1, 0.15) is 0 Å². The molecule has 0 aliphatic carbocycles. The van der Waals surface area contributed by atoms with E-state index in [0.717, 1.165) is 5.56 Å². The summed E-state index contributed by atoms with van der Waals surface area (Å²) in [6.07, 6.45) is 2.40. The quantitative estimate of drug-likeness (QED) is 0.501. The van der Waals surface area contributed by atoms with E-state index in [1.807, 2.05) is 0 Å². The first-order valence-corrected chi connectivity index (χ1v) is 6.38. The lowest BCUT2D eigenvalue weighted by atomic mass is 10.1. The Kier molecular flexibility index (Phi) is 4.63. The highest BCUT2D eigenvalue weighted by atomic mass is 16.6. The topological polar surface area (TPSA) is 86.0 Å². The summed E-state index contributed by atoms with van der Waals surface area (Å²) in [5, 5.41) is 8.76. The third-order valence-electron chi connectivity index (χ3n) is 2.83. The summed E-state index contributed by atoms with van der Waals surface area (Å²) in [6.45, 7) is 3.65. The van der Waals surface area contributed by atoms with Crippen molar-refractivity contribution in [2.24, 2.45) is 0 Å². The molecule has 2 aromatic rings. The summed E-state index contributed by atoms with van der Waals surface area (Å²) in [5.41, 5.74) is 0.956. The van der Waals surface area contributed by atoms with Gasteiger partial charge in [-0.15, -0.1) is 6.58 Å². The molecule has 1 aromatic carbocycles. The fourth-order valence-corrected chi connectivity index (χ4v) is 1.80. The maximum Gasteiger partial charge on any atom is 0.379 e. The van der Waals surface area contributed by atoms with Crippen molar-refractivity contribution in [1.82, 2.24) is 0 Å². The number of furan rings is 1. The van der Waals surface area contributed by atoms with Crippen LogP contribution in [0.1, 0.15) is 26.7 Å². The van der Waals surface area contributed by atoms with Crippen LogP contribution in [-0.4, -0.2) is 24.2 Å². The summed E-state index contributed by atoms with van der Waals surface area (Å²) in [4.78, 5) is 22.7. The highest BCUT2D eigenvalue weighted by Crippen LogP contribution is 2.29. The first kappa shape index (κ1) is 15.4. The van der Waals surface area contributed by atoms with Crippen molar-refractivity contribution < 1.29 is 28.6 Å². The first-order valence-electron chi connectivity index (χ1n) is 6.38. The van der Waals surface area contributed by atoms with E-state index in [9.17, 15) is 9.59 Å². The van der Waals surface area contributed by atoms with Gasteiger partial charge in [-0.2, -0.15) is 0 Å². The molecule has 0 amide bonds. The van der Waals surface area contributed by atoms with Gasteiger partial charge in [-0.25, -0.2) is 9.59 Å². The minimum atomic E-state index is -1.26. The summed E-state index contributed by atoms with van der Waals surface area (Å²) in [6, 6.07) is 7.52. The molecule has 22 heavy (non-hydrogen) atoms. The zero-order chi connectivity index (χ0) is 16.1. The third kappa shape index (κ3) is 3.35. The average molecular weight is 302 g/mol. The number of aromatic carboxylic acids is 1. The zero-order valence-electron chi connectivity index (χ0n) is 11.9. The molecule has 0 aliphatic heterocycles. The van der Waals surface area contributed by atoms with Crippen molar-refractivity contribution in [3.8, 4) is 11.5 Å². The van der Waals surface area contributed by atoms with Gasteiger partial charge in [-0.3, -0.25) is 0 Å². The maximum atomic E-state index is 11.9. The van der Waals surface area contributed by atoms with E-state index in [1.165, 1.54) is 19.2 Å². The number of benzene rings is 1. The molecule has 0 bridgehead atoms. The third-order valence-corrected chi connectivity index (χ3v) is 2.83. The second kappa shape index (κ2) is 6.62. The number of carbonyl (C=O) groups excluding carboxylic acids is 1. The average Bonchev–Trinajstić information content (AvgIpc) is 2.99. The first-order chi connectivity index (χ1) is 10.5. The Morgan fingerprint density at radius 1 is 1.23 bits per heavy atom. The van der Waals surface area contributed by atoms with Crippen LogP contribution in [0.2, 0.25) is 0 Å². The monoisotopic (exact) mass is 302 g/mol. The predicted molar refractivity (Wildman–Crippen MR) is 77.5 cm³/mol. The van der Waals surface area contributed by atoms with Crippen LogP contribution in [0.4, 0.5) is 0 Å². The van der Waals surface area contributed by atoms with Crippen LogP contribution >= 0.6 is 0 Å². The highest BCUT2D eigenvalue weighted by molar-refractivity contribution is 5.91. The summed E-state index contributed by atoms with van der Waals surface area (Å²) < 4.78 is 15.2. The Hall–Kier alpha value is -3.02. The molecule has 0 saturated heterocycles. The fourth-order valence-electron chi connectivity index (χ4n) is 1.80. The van der Waals surface area contributed by atoms with Gasteiger partial charge in [0.2, 0.25) is 11.5 Å². The summed E-state index contributed by atoms with van der Waals surface area (Å²) in [5.74, 6) is -1.99. The number of carboxylic acids is 1. The molecule has 0 saturated carbocycles. The Morgan fingerprint density at radius 3 is 2.55 bits per heavy atom. The summed E-state index contributed by atoms with van der Waals surface area (Å²) >= 11 is 0. The fraction of sp³-hybridized carbons (Fsp3) is 0.125. The van der Waals surface area contributed by atoms with Crippen LogP contribution in [0.3, 0.4) is 0 Å². The van der Waals surface area contributed by atoms with E-state index in [1.54, 1.807) is 24.3 Å². The van der Waals surface area contributed by atoms with Crippen LogP contribution in [0.5, 0.6) is 11.5 Å². The van der Waals surface area contributed by atoms with Gasteiger partial charge in [0.25, 0.3) is 0 Å². The highest BCUT2D eigenvalue weighted by Gasteiger charge is 2.18. The van der Waals surface area contributed by atoms with Gasteiger partial charge in [0.05, 0.1) is 7.11 Å². The van der Waals surface area contributed by atoms with Crippen LogP contribution in [-0.2, 0) is 6.42 Å². The number of ether oxygens (including phenoxy) is 2. The van der Waals surface area contributed by atoms with Crippen molar-refractivity contribution in [3.05, 3.63) is 60.1 Å². The van der Waals surface area contributed by atoms with Gasteiger partial charge < -0.3 is 19.0 Å². The van der Waals surface area contributed by atoms with Crippen LogP contribution in [0.15, 0.2) is 47.4 Å². The SMILES string of the molecule is C=CCc1ccc(OC(=O)c2ccc(C(=O)O)o2)c(OC)c1. The van der Waals surface area contributed by atoms with Crippen molar-refractivity contribution >= 4 is 11.9 Å². The van der Waals surface area contributed by atoms with Gasteiger partial charge >= 0.3 is 11.9 Å². The summed E-state index contributed by atoms with van der Waals surface area (Å²) in [7, 11) is 1.46. The van der Waals surface area contributed by atoms with Crippen molar-refractivity contribution in [2.75, 3.05) is 7.11 Å². The number of allylic oxidation sites excluding steroid dienone is 1. The van der Waals surface area contributed by atoms with E-state index in [0.29, 0.717) is 12.2 Å². The lowest BCUT2D eigenvalue weighted by Crippen LogP contribution is -2.08. The minimum absolute atomic E-state index is 0.199. The van der Waals surface area contributed by atoms with Gasteiger partial charge in [-0.05, 0) is 36.2 Å². The van der Waals surface area contributed by atoms with E-state index in [4.69, 9.17) is 19.0 Å². The molecule has 114 valence electrons. The molecule has 6 heteroatoms. The number of carboxylic acid groups (broad SMARTS) is 1. The van der Waals surface area contributed by atoms with Crippen LogP contribution < -0.4 is 9.47 Å². The number of rotatable bonds is 6. The smallest absolute Gasteiger partial charge is 0.379 e. The molecule has 0 radical (unpaired) electrons. The number of carbonyl (C=O) groups is 2. The lowest BCUT2D eigenvalue weighted by molar-refractivity contribution is 0.0644. The lowest BCUT2D eigenvalue weighted by Gasteiger charge is -2.09. The predicted octanol–water partition coefficient (Wildman–Crippen LogP) is 2.93. The molecule has 0 fully saturated rings. The Bertz CT molecular complexity index is 713. The molecular formula is C16H14O6. The van der Waals surface area contributed by atoms with E-state index in [-0.39, 0.29) is 17.3 Å². The molecule has 0 atom stereocenters. The number of hydrogen-bond donors (Lipinski definition) is 1. The second-order valence-corrected chi connectivity index (χ2v) is 4.34. The molecule has 0 unspecified atom stereocenters. The van der Waals surface area contributed by atoms with E-state index < -0.39 is 11.9 Å². The Balaban J connectivity index is 2.19. The Labute approximate surface area is 126 Å². The van der Waals surface area contributed by atoms with Gasteiger partial charge in [0, 0.05) is 0 Å². The molecule has 1 N–H and O–H groups in total. The normalized spacial score (nSPS) is 10.0. The van der Waals surface area contributed by atoms with Gasteiger partial charge in [0.15, 0.2) is 11.5 Å².